The van der Waals surface area contributed by atoms with E-state index in [-0.39, 0.29) is 25.0 Å². The number of primary amides is 1. The molecule has 14 heteroatoms. The van der Waals surface area contributed by atoms with Crippen molar-refractivity contribution in [3.63, 3.8) is 0 Å². The van der Waals surface area contributed by atoms with Gasteiger partial charge >= 0.3 is 0 Å². The predicted molar refractivity (Wildman–Crippen MR) is 187 cm³/mol. The minimum Gasteiger partial charge on any atom is -0.375 e. The normalized spacial score (nSPS) is 29.4. The highest BCUT2D eigenvalue weighted by atomic mass is 16.5. The SMILES string of the molecule is CCCCCC[C@H]1OC[C@@H](C)NC(=O)C(CC(N)=O)NC(=O)C(CN)NC(=O)C(C2CCCCCC2)NC(=O)C(CCC)N(C)C(=O)C1C. The molecule has 8 N–H and O–H groups in total. The van der Waals surface area contributed by atoms with Crippen molar-refractivity contribution in [2.75, 3.05) is 20.2 Å². The summed E-state index contributed by atoms with van der Waals surface area (Å²) in [4.78, 5) is 82.1. The second kappa shape index (κ2) is 21.7. The van der Waals surface area contributed by atoms with Gasteiger partial charge in [0, 0.05) is 19.6 Å². The van der Waals surface area contributed by atoms with Crippen LogP contribution in [0.3, 0.4) is 0 Å². The van der Waals surface area contributed by atoms with Crippen molar-refractivity contribution in [1.29, 1.82) is 0 Å². The first-order valence-corrected chi connectivity index (χ1v) is 18.4. The summed E-state index contributed by atoms with van der Waals surface area (Å²) in [5.74, 6) is -4.29. The molecule has 1 saturated carbocycles. The third-order valence-corrected chi connectivity index (χ3v) is 9.78. The van der Waals surface area contributed by atoms with Gasteiger partial charge in [-0.25, -0.2) is 0 Å². The molecule has 0 aromatic rings. The summed E-state index contributed by atoms with van der Waals surface area (Å²) >= 11 is 0. The Hall–Kier alpha value is -3.26. The Labute approximate surface area is 292 Å². The average Bonchev–Trinajstić information content (AvgIpc) is 3.35. The van der Waals surface area contributed by atoms with Crippen LogP contribution in [0.25, 0.3) is 0 Å². The van der Waals surface area contributed by atoms with Crippen molar-refractivity contribution in [1.82, 2.24) is 26.2 Å². The number of carbonyl (C=O) groups excluding carboxylic acids is 6. The molecule has 1 heterocycles. The van der Waals surface area contributed by atoms with Gasteiger partial charge in [0.2, 0.25) is 35.4 Å². The van der Waals surface area contributed by atoms with Crippen molar-refractivity contribution >= 4 is 35.4 Å². The van der Waals surface area contributed by atoms with Crippen LogP contribution in [0.15, 0.2) is 0 Å². The number of hydrogen-bond donors (Lipinski definition) is 6. The minimum absolute atomic E-state index is 0.0617. The van der Waals surface area contributed by atoms with Gasteiger partial charge in [-0.05, 0) is 38.5 Å². The van der Waals surface area contributed by atoms with Crippen LogP contribution in [0.2, 0.25) is 0 Å². The maximum Gasteiger partial charge on any atom is 0.244 e. The van der Waals surface area contributed by atoms with E-state index in [1.807, 2.05) is 6.92 Å². The van der Waals surface area contributed by atoms with Gasteiger partial charge in [0.1, 0.15) is 24.2 Å². The predicted octanol–water partition coefficient (Wildman–Crippen LogP) is 1.38. The number of nitrogens with two attached hydrogens (primary N) is 2. The van der Waals surface area contributed by atoms with Crippen LogP contribution in [-0.2, 0) is 33.5 Å². The number of amides is 6. The quantitative estimate of drug-likeness (QED) is 0.137. The van der Waals surface area contributed by atoms with E-state index < -0.39 is 78.2 Å². The van der Waals surface area contributed by atoms with Gasteiger partial charge in [0.25, 0.3) is 0 Å². The zero-order valence-corrected chi connectivity index (χ0v) is 30.4. The second-order valence-electron chi connectivity index (χ2n) is 13.9. The Balaban J connectivity index is 2.55. The number of rotatable bonds is 11. The maximum atomic E-state index is 14.0. The zero-order chi connectivity index (χ0) is 36.5. The number of ether oxygens (including phenoxy) is 1. The van der Waals surface area contributed by atoms with E-state index in [1.165, 1.54) is 4.90 Å². The summed E-state index contributed by atoms with van der Waals surface area (Å²) in [5.41, 5.74) is 11.4. The lowest BCUT2D eigenvalue weighted by Gasteiger charge is -2.34. The molecule has 2 aliphatic rings. The lowest BCUT2D eigenvalue weighted by atomic mass is 9.90. The molecule has 0 spiro atoms. The first kappa shape index (κ1) is 41.9. The van der Waals surface area contributed by atoms with Gasteiger partial charge in [-0.3, -0.25) is 28.8 Å². The van der Waals surface area contributed by atoms with Gasteiger partial charge in [-0.1, -0.05) is 78.6 Å². The van der Waals surface area contributed by atoms with E-state index >= 15 is 0 Å². The summed E-state index contributed by atoms with van der Waals surface area (Å²) in [7, 11) is 1.62. The molecular weight excluding hydrogens is 630 g/mol. The first-order valence-electron chi connectivity index (χ1n) is 18.4. The molecule has 2 rings (SSSR count). The van der Waals surface area contributed by atoms with Gasteiger partial charge < -0.3 is 42.4 Å². The molecule has 49 heavy (non-hydrogen) atoms. The van der Waals surface area contributed by atoms with Crippen LogP contribution in [0.1, 0.15) is 118 Å². The largest absolute Gasteiger partial charge is 0.375 e. The smallest absolute Gasteiger partial charge is 0.244 e. The van der Waals surface area contributed by atoms with Crippen molar-refractivity contribution in [2.24, 2.45) is 23.3 Å². The molecule has 7 atom stereocenters. The summed E-state index contributed by atoms with van der Waals surface area (Å²) in [6, 6.07) is -4.94. The molecule has 2 fully saturated rings. The monoisotopic (exact) mass is 693 g/mol. The molecule has 0 aromatic heterocycles. The van der Waals surface area contributed by atoms with Crippen molar-refractivity contribution in [3.8, 4) is 0 Å². The Kier molecular flexibility index (Phi) is 18.6. The standard InChI is InChI=1S/C35H63N7O7/c1-6-8-9-14-18-28-23(4)35(48)42(5)27(15-7-2)33(46)41-30(24-16-12-10-11-13-17-24)34(47)40-26(20-36)32(45)39-25(19-29(37)43)31(44)38-22(3)21-49-28/h22-28,30H,6-21,36H2,1-5H3,(H2,37,43)(H,38,44)(H,39,45)(H,40,47)(H,41,46)/t22-,23?,25?,26?,27?,28-,30?/m1/s1. The van der Waals surface area contributed by atoms with Crippen LogP contribution in [0.4, 0.5) is 0 Å². The second-order valence-corrected chi connectivity index (χ2v) is 13.9. The molecule has 1 aliphatic carbocycles. The molecular formula is C35H63N7O7. The third kappa shape index (κ3) is 13.5. The third-order valence-electron chi connectivity index (χ3n) is 9.78. The first-order chi connectivity index (χ1) is 23.3. The van der Waals surface area contributed by atoms with Crippen LogP contribution in [0, 0.1) is 11.8 Å². The van der Waals surface area contributed by atoms with Crippen LogP contribution < -0.4 is 32.7 Å². The minimum atomic E-state index is -1.33. The van der Waals surface area contributed by atoms with Crippen molar-refractivity contribution < 1.29 is 33.5 Å². The summed E-state index contributed by atoms with van der Waals surface area (Å²) in [6.45, 7) is 7.33. The number of hydrogen-bond acceptors (Lipinski definition) is 8. The zero-order valence-electron chi connectivity index (χ0n) is 30.4. The molecule has 14 nitrogen and oxygen atoms in total. The molecule has 280 valence electrons. The average molecular weight is 694 g/mol. The molecule has 5 unspecified atom stereocenters. The highest BCUT2D eigenvalue weighted by molar-refractivity contribution is 5.97. The highest BCUT2D eigenvalue weighted by Crippen LogP contribution is 2.27. The topological polar surface area (TPSA) is 215 Å². The highest BCUT2D eigenvalue weighted by Gasteiger charge is 2.38. The van der Waals surface area contributed by atoms with Crippen molar-refractivity contribution in [3.05, 3.63) is 0 Å². The van der Waals surface area contributed by atoms with Crippen LogP contribution in [-0.4, -0.2) is 96.9 Å². The Morgan fingerprint density at radius 1 is 0.796 bits per heavy atom. The van der Waals surface area contributed by atoms with Gasteiger partial charge in [0.15, 0.2) is 0 Å². The molecule has 0 bridgehead atoms. The summed E-state index contributed by atoms with van der Waals surface area (Å²) in [5, 5.41) is 11.0. The lowest BCUT2D eigenvalue weighted by Crippen LogP contribution is -2.61. The fourth-order valence-corrected chi connectivity index (χ4v) is 6.78. The summed E-state index contributed by atoms with van der Waals surface area (Å²) < 4.78 is 6.28. The van der Waals surface area contributed by atoms with Gasteiger partial charge in [0.05, 0.1) is 25.0 Å². The van der Waals surface area contributed by atoms with E-state index in [2.05, 4.69) is 28.2 Å². The summed E-state index contributed by atoms with van der Waals surface area (Å²) in [6.07, 6.45) is 9.80. The Bertz CT molecular complexity index is 1100. The number of carbonyl (C=O) groups is 6. The van der Waals surface area contributed by atoms with Crippen molar-refractivity contribution in [2.45, 2.75) is 154 Å². The molecule has 6 amide bonds. The molecule has 1 aliphatic heterocycles. The fourth-order valence-electron chi connectivity index (χ4n) is 6.78. The Morgan fingerprint density at radius 3 is 2.02 bits per heavy atom. The number of nitrogens with one attached hydrogen (secondary N) is 4. The number of unbranched alkanes of at least 4 members (excludes halogenated alkanes) is 3. The number of likely N-dealkylation sites (N-methyl/N-ethyl adjacent to an activating group) is 1. The lowest BCUT2D eigenvalue weighted by molar-refractivity contribution is -0.147. The van der Waals surface area contributed by atoms with Crippen LogP contribution >= 0.6 is 0 Å². The molecule has 0 aromatic carbocycles. The maximum absolute atomic E-state index is 14.0. The van der Waals surface area contributed by atoms with Gasteiger partial charge in [-0.2, -0.15) is 0 Å². The fraction of sp³-hybridized carbons (Fsp3) is 0.829. The van der Waals surface area contributed by atoms with E-state index in [1.54, 1.807) is 20.9 Å². The van der Waals surface area contributed by atoms with Gasteiger partial charge in [-0.15, -0.1) is 0 Å². The van der Waals surface area contributed by atoms with Crippen LogP contribution in [0.5, 0.6) is 0 Å². The molecule has 1 saturated heterocycles. The molecule has 0 radical (unpaired) electrons. The van der Waals surface area contributed by atoms with E-state index in [9.17, 15) is 28.8 Å². The van der Waals surface area contributed by atoms with E-state index in [0.717, 1.165) is 51.4 Å². The number of nitrogens with zero attached hydrogens (tertiary/aromatic N) is 1. The van der Waals surface area contributed by atoms with E-state index in [0.29, 0.717) is 32.1 Å². The van der Waals surface area contributed by atoms with E-state index in [4.69, 9.17) is 16.2 Å². The Morgan fingerprint density at radius 2 is 1.43 bits per heavy atom.